The Morgan fingerprint density at radius 3 is 1.91 bits per heavy atom. The van der Waals surface area contributed by atoms with Gasteiger partial charge in [-0.2, -0.15) is 0 Å². The molecule has 3 rings (SSSR count). The highest BCUT2D eigenvalue weighted by Crippen LogP contribution is 2.49. The van der Waals surface area contributed by atoms with E-state index in [1.165, 1.54) is 19.1 Å². The molecule has 2 aromatic rings. The van der Waals surface area contributed by atoms with E-state index in [0.29, 0.717) is 11.4 Å². The number of halogens is 1. The lowest BCUT2D eigenvalue weighted by Crippen LogP contribution is -2.27. The summed E-state index contributed by atoms with van der Waals surface area (Å²) < 4.78 is 13.0. The van der Waals surface area contributed by atoms with E-state index in [1.807, 2.05) is 0 Å². The molecule has 0 spiro atoms. The van der Waals surface area contributed by atoms with E-state index >= 15 is 0 Å². The number of carbonyl (C=O) groups excluding carboxylic acids is 2. The standard InChI is InChI=1S/C18H17FN2O2/c1-12(22)20-15-6-8-16(9-7-15)21-17(23)18(10-11-18)13-2-4-14(19)5-3-13/h2-9H,10-11H2,1H3,(H,20,22)(H,21,23). The van der Waals surface area contributed by atoms with Crippen molar-refractivity contribution in [1.29, 1.82) is 0 Å². The Balaban J connectivity index is 1.71. The van der Waals surface area contributed by atoms with Crippen LogP contribution in [0.4, 0.5) is 15.8 Å². The van der Waals surface area contributed by atoms with Gasteiger partial charge in [0.25, 0.3) is 0 Å². The lowest BCUT2D eigenvalue weighted by Gasteiger charge is -2.16. The van der Waals surface area contributed by atoms with Crippen molar-refractivity contribution in [1.82, 2.24) is 0 Å². The van der Waals surface area contributed by atoms with Crippen LogP contribution >= 0.6 is 0 Å². The fourth-order valence-electron chi connectivity index (χ4n) is 2.63. The van der Waals surface area contributed by atoms with Gasteiger partial charge in [0.2, 0.25) is 11.8 Å². The number of hydrogen-bond donors (Lipinski definition) is 2. The van der Waals surface area contributed by atoms with Gasteiger partial charge < -0.3 is 10.6 Å². The second-order valence-corrected chi connectivity index (χ2v) is 5.80. The van der Waals surface area contributed by atoms with Crippen molar-refractivity contribution >= 4 is 23.2 Å². The van der Waals surface area contributed by atoms with Crippen molar-refractivity contribution in [3.8, 4) is 0 Å². The van der Waals surface area contributed by atoms with Crippen LogP contribution in [0.2, 0.25) is 0 Å². The minimum atomic E-state index is -0.552. The molecule has 0 saturated heterocycles. The smallest absolute Gasteiger partial charge is 0.235 e. The topological polar surface area (TPSA) is 58.2 Å². The van der Waals surface area contributed by atoms with Crippen LogP contribution in [0.1, 0.15) is 25.3 Å². The molecule has 4 nitrogen and oxygen atoms in total. The van der Waals surface area contributed by atoms with E-state index in [0.717, 1.165) is 18.4 Å². The molecule has 5 heteroatoms. The number of hydrogen-bond acceptors (Lipinski definition) is 2. The summed E-state index contributed by atoms with van der Waals surface area (Å²) in [7, 11) is 0. The van der Waals surface area contributed by atoms with Crippen molar-refractivity contribution in [3.63, 3.8) is 0 Å². The van der Waals surface area contributed by atoms with Crippen molar-refractivity contribution in [2.75, 3.05) is 10.6 Å². The van der Waals surface area contributed by atoms with E-state index in [-0.39, 0.29) is 17.6 Å². The van der Waals surface area contributed by atoms with Crippen LogP contribution in [0.25, 0.3) is 0 Å². The Morgan fingerprint density at radius 1 is 0.913 bits per heavy atom. The predicted molar refractivity (Wildman–Crippen MR) is 86.7 cm³/mol. The van der Waals surface area contributed by atoms with Gasteiger partial charge in [-0.25, -0.2) is 4.39 Å². The Morgan fingerprint density at radius 2 is 1.43 bits per heavy atom. The highest BCUT2D eigenvalue weighted by Gasteiger charge is 2.51. The zero-order valence-corrected chi connectivity index (χ0v) is 12.7. The lowest BCUT2D eigenvalue weighted by atomic mass is 9.95. The molecule has 0 heterocycles. The van der Waals surface area contributed by atoms with Gasteiger partial charge in [0.1, 0.15) is 5.82 Å². The Bertz CT molecular complexity index is 735. The van der Waals surface area contributed by atoms with Crippen LogP contribution in [-0.2, 0) is 15.0 Å². The molecule has 0 aromatic heterocycles. The van der Waals surface area contributed by atoms with Gasteiger partial charge in [0.15, 0.2) is 0 Å². The summed E-state index contributed by atoms with van der Waals surface area (Å²) in [4.78, 5) is 23.6. The van der Waals surface area contributed by atoms with Gasteiger partial charge in [0.05, 0.1) is 5.41 Å². The van der Waals surface area contributed by atoms with Crippen LogP contribution < -0.4 is 10.6 Å². The summed E-state index contributed by atoms with van der Waals surface area (Å²) >= 11 is 0. The van der Waals surface area contributed by atoms with Crippen LogP contribution in [0, 0.1) is 5.82 Å². The largest absolute Gasteiger partial charge is 0.326 e. The van der Waals surface area contributed by atoms with Gasteiger partial charge in [-0.1, -0.05) is 12.1 Å². The minimum Gasteiger partial charge on any atom is -0.326 e. The molecule has 23 heavy (non-hydrogen) atoms. The first kappa shape index (κ1) is 15.2. The van der Waals surface area contributed by atoms with Gasteiger partial charge in [-0.05, 0) is 54.8 Å². The first-order valence-electron chi connectivity index (χ1n) is 7.45. The van der Waals surface area contributed by atoms with Crippen LogP contribution in [0.15, 0.2) is 48.5 Å². The third-order valence-electron chi connectivity index (χ3n) is 4.04. The minimum absolute atomic E-state index is 0.0867. The third kappa shape index (κ3) is 3.23. The number of rotatable bonds is 4. The van der Waals surface area contributed by atoms with Crippen molar-refractivity contribution in [3.05, 3.63) is 59.9 Å². The van der Waals surface area contributed by atoms with Crippen LogP contribution in [0.3, 0.4) is 0 Å². The molecule has 0 unspecified atom stereocenters. The molecule has 1 aliphatic carbocycles. The van der Waals surface area contributed by atoms with E-state index < -0.39 is 5.41 Å². The maximum absolute atomic E-state index is 13.0. The van der Waals surface area contributed by atoms with E-state index in [2.05, 4.69) is 10.6 Å². The first-order valence-corrected chi connectivity index (χ1v) is 7.45. The molecule has 0 bridgehead atoms. The lowest BCUT2D eigenvalue weighted by molar-refractivity contribution is -0.118. The summed E-state index contributed by atoms with van der Waals surface area (Å²) in [5, 5.41) is 5.56. The van der Waals surface area contributed by atoms with E-state index in [4.69, 9.17) is 0 Å². The van der Waals surface area contributed by atoms with Gasteiger partial charge >= 0.3 is 0 Å². The summed E-state index contributed by atoms with van der Waals surface area (Å²) in [6.07, 6.45) is 1.52. The van der Waals surface area contributed by atoms with Crippen molar-refractivity contribution in [2.24, 2.45) is 0 Å². The molecule has 0 radical (unpaired) electrons. The number of amides is 2. The SMILES string of the molecule is CC(=O)Nc1ccc(NC(=O)C2(c3ccc(F)cc3)CC2)cc1. The summed E-state index contributed by atoms with van der Waals surface area (Å²) in [5.41, 5.74) is 1.63. The molecule has 2 amide bonds. The number of nitrogens with one attached hydrogen (secondary N) is 2. The number of anilines is 2. The average Bonchev–Trinajstić information content (AvgIpc) is 3.31. The molecule has 2 aromatic carbocycles. The fraction of sp³-hybridized carbons (Fsp3) is 0.222. The zero-order chi connectivity index (χ0) is 16.4. The molecule has 0 aliphatic heterocycles. The molecule has 118 valence electrons. The fourth-order valence-corrected chi connectivity index (χ4v) is 2.63. The molecule has 1 saturated carbocycles. The molecular weight excluding hydrogens is 295 g/mol. The monoisotopic (exact) mass is 312 g/mol. The Labute approximate surface area is 133 Å². The van der Waals surface area contributed by atoms with Crippen molar-refractivity contribution in [2.45, 2.75) is 25.2 Å². The summed E-state index contributed by atoms with van der Waals surface area (Å²) in [6, 6.07) is 13.0. The number of carbonyl (C=O) groups is 2. The normalized spacial score (nSPS) is 14.9. The summed E-state index contributed by atoms with van der Waals surface area (Å²) in [6.45, 7) is 1.44. The quantitative estimate of drug-likeness (QED) is 0.908. The molecule has 2 N–H and O–H groups in total. The van der Waals surface area contributed by atoms with Crippen LogP contribution in [-0.4, -0.2) is 11.8 Å². The Kier molecular flexibility index (Phi) is 3.86. The molecular formula is C18H17FN2O2. The molecule has 0 atom stereocenters. The van der Waals surface area contributed by atoms with Crippen LogP contribution in [0.5, 0.6) is 0 Å². The predicted octanol–water partition coefficient (Wildman–Crippen LogP) is 3.45. The van der Waals surface area contributed by atoms with E-state index in [9.17, 15) is 14.0 Å². The summed E-state index contributed by atoms with van der Waals surface area (Å²) in [5.74, 6) is -0.537. The highest BCUT2D eigenvalue weighted by molar-refractivity contribution is 6.01. The van der Waals surface area contributed by atoms with E-state index in [1.54, 1.807) is 36.4 Å². The first-order chi connectivity index (χ1) is 11.0. The average molecular weight is 312 g/mol. The molecule has 1 aliphatic rings. The Hall–Kier alpha value is -2.69. The zero-order valence-electron chi connectivity index (χ0n) is 12.7. The van der Waals surface area contributed by atoms with Crippen molar-refractivity contribution < 1.29 is 14.0 Å². The third-order valence-corrected chi connectivity index (χ3v) is 4.04. The maximum atomic E-state index is 13.0. The highest BCUT2D eigenvalue weighted by atomic mass is 19.1. The second kappa shape index (κ2) is 5.83. The van der Waals surface area contributed by atoms with Gasteiger partial charge in [-0.15, -0.1) is 0 Å². The second-order valence-electron chi connectivity index (χ2n) is 5.80. The van der Waals surface area contributed by atoms with Gasteiger partial charge in [-0.3, -0.25) is 9.59 Å². The molecule has 1 fully saturated rings. The number of benzene rings is 2. The van der Waals surface area contributed by atoms with Gasteiger partial charge in [0, 0.05) is 18.3 Å². The maximum Gasteiger partial charge on any atom is 0.235 e.